The standard InChI is InChI=1S/C24H20Br2N2O2/c1-2-30-22(29)15-28-23(16-6-4-3-5-7-16)20-14-19(26)12-13-21(20)27-24(28)17-8-10-18(25)11-9-17/h3-14,23H,2,15H2,1H3/t23-/m0/s1. The summed E-state index contributed by atoms with van der Waals surface area (Å²) in [6, 6.07) is 24.1. The Balaban J connectivity index is 1.91. The second kappa shape index (κ2) is 9.14. The fourth-order valence-electron chi connectivity index (χ4n) is 3.65. The Morgan fingerprint density at radius 1 is 1.00 bits per heavy atom. The van der Waals surface area contributed by atoms with Gasteiger partial charge in [0.05, 0.1) is 18.3 Å². The van der Waals surface area contributed by atoms with Crippen LogP contribution in [0.1, 0.15) is 29.7 Å². The normalized spacial score (nSPS) is 15.4. The highest BCUT2D eigenvalue weighted by Gasteiger charge is 2.33. The number of aliphatic imine (C=N–C) groups is 1. The number of ether oxygens (including phenoxy) is 1. The minimum absolute atomic E-state index is 0.105. The van der Waals surface area contributed by atoms with Crippen molar-refractivity contribution in [2.45, 2.75) is 13.0 Å². The molecule has 0 saturated heterocycles. The maximum atomic E-state index is 12.6. The lowest BCUT2D eigenvalue weighted by molar-refractivity contribution is -0.143. The van der Waals surface area contributed by atoms with E-state index in [0.717, 1.165) is 37.2 Å². The molecule has 0 aliphatic carbocycles. The van der Waals surface area contributed by atoms with Gasteiger partial charge in [-0.2, -0.15) is 0 Å². The molecule has 0 fully saturated rings. The molecule has 1 aliphatic heterocycles. The number of benzene rings is 3. The summed E-state index contributed by atoms with van der Waals surface area (Å²) in [6.45, 7) is 2.27. The number of halogens is 2. The average molecular weight is 528 g/mol. The number of esters is 1. The van der Waals surface area contributed by atoms with Crippen LogP contribution in [-0.4, -0.2) is 29.9 Å². The summed E-state index contributed by atoms with van der Waals surface area (Å²) in [5, 5.41) is 0. The van der Waals surface area contributed by atoms with E-state index < -0.39 is 0 Å². The summed E-state index contributed by atoms with van der Waals surface area (Å²) in [6.07, 6.45) is 0. The van der Waals surface area contributed by atoms with Crippen LogP contribution < -0.4 is 0 Å². The van der Waals surface area contributed by atoms with Gasteiger partial charge in [-0.05, 0) is 42.8 Å². The number of hydrogen-bond donors (Lipinski definition) is 0. The first-order valence-electron chi connectivity index (χ1n) is 9.68. The second-order valence-corrected chi connectivity index (χ2v) is 8.72. The molecule has 1 heterocycles. The Morgan fingerprint density at radius 2 is 1.70 bits per heavy atom. The largest absolute Gasteiger partial charge is 0.465 e. The number of rotatable bonds is 5. The van der Waals surface area contributed by atoms with Gasteiger partial charge < -0.3 is 9.64 Å². The number of amidine groups is 1. The summed E-state index contributed by atoms with van der Waals surface area (Å²) >= 11 is 7.09. The van der Waals surface area contributed by atoms with Gasteiger partial charge in [0.1, 0.15) is 12.4 Å². The maximum Gasteiger partial charge on any atom is 0.325 e. The molecule has 4 rings (SSSR count). The van der Waals surface area contributed by atoms with E-state index in [1.165, 1.54) is 0 Å². The Labute approximate surface area is 192 Å². The van der Waals surface area contributed by atoms with Gasteiger partial charge >= 0.3 is 5.97 Å². The zero-order valence-corrected chi connectivity index (χ0v) is 19.6. The van der Waals surface area contributed by atoms with E-state index in [0.29, 0.717) is 6.61 Å². The van der Waals surface area contributed by atoms with Crippen molar-refractivity contribution in [3.8, 4) is 0 Å². The van der Waals surface area contributed by atoms with E-state index in [1.54, 1.807) is 0 Å². The van der Waals surface area contributed by atoms with Crippen molar-refractivity contribution >= 4 is 49.4 Å². The van der Waals surface area contributed by atoms with Crippen LogP contribution in [0.4, 0.5) is 5.69 Å². The third-order valence-corrected chi connectivity index (χ3v) is 5.94. The van der Waals surface area contributed by atoms with Crippen LogP contribution in [0.15, 0.2) is 86.7 Å². The van der Waals surface area contributed by atoms with E-state index in [-0.39, 0.29) is 18.6 Å². The molecular weight excluding hydrogens is 508 g/mol. The van der Waals surface area contributed by atoms with Crippen molar-refractivity contribution in [1.29, 1.82) is 0 Å². The van der Waals surface area contributed by atoms with E-state index in [2.05, 4.69) is 50.1 Å². The van der Waals surface area contributed by atoms with Crippen molar-refractivity contribution in [3.05, 3.63) is 98.4 Å². The summed E-state index contributed by atoms with van der Waals surface area (Å²) in [5.41, 5.74) is 3.97. The topological polar surface area (TPSA) is 41.9 Å². The molecule has 3 aromatic carbocycles. The van der Waals surface area contributed by atoms with Crippen LogP contribution in [-0.2, 0) is 9.53 Å². The maximum absolute atomic E-state index is 12.6. The van der Waals surface area contributed by atoms with Gasteiger partial charge in [-0.1, -0.05) is 74.3 Å². The van der Waals surface area contributed by atoms with Crippen LogP contribution in [0.5, 0.6) is 0 Å². The molecule has 3 aromatic rings. The van der Waals surface area contributed by atoms with E-state index in [9.17, 15) is 4.79 Å². The van der Waals surface area contributed by atoms with Crippen LogP contribution in [0.3, 0.4) is 0 Å². The first kappa shape index (κ1) is 20.8. The number of fused-ring (bicyclic) bond motifs is 1. The second-order valence-electron chi connectivity index (χ2n) is 6.89. The molecule has 0 aromatic heterocycles. The van der Waals surface area contributed by atoms with Gasteiger partial charge in [-0.3, -0.25) is 4.79 Å². The molecule has 0 unspecified atom stereocenters. The molecule has 0 bridgehead atoms. The van der Waals surface area contributed by atoms with Crippen molar-refractivity contribution in [3.63, 3.8) is 0 Å². The monoisotopic (exact) mass is 526 g/mol. The van der Waals surface area contributed by atoms with Crippen molar-refractivity contribution in [2.75, 3.05) is 13.2 Å². The van der Waals surface area contributed by atoms with Crippen molar-refractivity contribution < 1.29 is 9.53 Å². The minimum Gasteiger partial charge on any atom is -0.465 e. The molecule has 0 saturated carbocycles. The predicted octanol–water partition coefficient (Wildman–Crippen LogP) is 6.26. The molecule has 1 aliphatic rings. The van der Waals surface area contributed by atoms with Gasteiger partial charge in [0, 0.05) is 20.1 Å². The van der Waals surface area contributed by atoms with Gasteiger partial charge in [-0.25, -0.2) is 4.99 Å². The van der Waals surface area contributed by atoms with Gasteiger partial charge in [0.25, 0.3) is 0 Å². The fourth-order valence-corrected chi connectivity index (χ4v) is 4.29. The number of carbonyl (C=O) groups is 1. The quantitative estimate of drug-likeness (QED) is 0.368. The highest BCUT2D eigenvalue weighted by Crippen LogP contribution is 2.41. The molecule has 0 amide bonds. The molecule has 6 heteroatoms. The molecular formula is C24H20Br2N2O2. The summed E-state index contributed by atoms with van der Waals surface area (Å²) in [5.74, 6) is 0.473. The zero-order valence-electron chi connectivity index (χ0n) is 16.4. The molecule has 0 N–H and O–H groups in total. The van der Waals surface area contributed by atoms with Crippen LogP contribution in [0.25, 0.3) is 0 Å². The molecule has 152 valence electrons. The van der Waals surface area contributed by atoms with Crippen molar-refractivity contribution in [2.24, 2.45) is 4.99 Å². The van der Waals surface area contributed by atoms with E-state index in [4.69, 9.17) is 9.73 Å². The first-order chi connectivity index (χ1) is 14.6. The smallest absolute Gasteiger partial charge is 0.325 e. The molecule has 30 heavy (non-hydrogen) atoms. The predicted molar refractivity (Wildman–Crippen MR) is 126 cm³/mol. The Morgan fingerprint density at radius 3 is 2.40 bits per heavy atom. The summed E-state index contributed by atoms with van der Waals surface area (Å²) in [7, 11) is 0. The lowest BCUT2D eigenvalue weighted by Crippen LogP contribution is -2.42. The van der Waals surface area contributed by atoms with Gasteiger partial charge in [0.15, 0.2) is 0 Å². The van der Waals surface area contributed by atoms with E-state index >= 15 is 0 Å². The molecule has 0 radical (unpaired) electrons. The molecule has 1 atom stereocenters. The number of carbonyl (C=O) groups excluding carboxylic acids is 1. The van der Waals surface area contributed by atoms with Crippen LogP contribution >= 0.6 is 31.9 Å². The molecule has 4 nitrogen and oxygen atoms in total. The highest BCUT2D eigenvalue weighted by molar-refractivity contribution is 9.10. The Hall–Kier alpha value is -2.44. The molecule has 0 spiro atoms. The zero-order chi connectivity index (χ0) is 21.1. The minimum atomic E-state index is -0.276. The van der Waals surface area contributed by atoms with Crippen LogP contribution in [0, 0.1) is 0 Å². The fraction of sp³-hybridized carbons (Fsp3) is 0.167. The average Bonchev–Trinajstić information content (AvgIpc) is 2.75. The van der Waals surface area contributed by atoms with Gasteiger partial charge in [-0.15, -0.1) is 0 Å². The summed E-state index contributed by atoms with van der Waals surface area (Å²) in [4.78, 5) is 19.6. The third kappa shape index (κ3) is 4.35. The van der Waals surface area contributed by atoms with E-state index in [1.807, 2.05) is 66.4 Å². The summed E-state index contributed by atoms with van der Waals surface area (Å²) < 4.78 is 7.25. The van der Waals surface area contributed by atoms with Gasteiger partial charge in [0.2, 0.25) is 0 Å². The van der Waals surface area contributed by atoms with Crippen LogP contribution in [0.2, 0.25) is 0 Å². The SMILES string of the molecule is CCOC(=O)CN1C(c2ccc(Br)cc2)=Nc2ccc(Br)cc2[C@@H]1c1ccccc1. The lowest BCUT2D eigenvalue weighted by atomic mass is 9.93. The Bertz CT molecular complexity index is 1080. The highest BCUT2D eigenvalue weighted by atomic mass is 79.9. The number of hydrogen-bond acceptors (Lipinski definition) is 4. The lowest BCUT2D eigenvalue weighted by Gasteiger charge is -2.38. The first-order valence-corrected chi connectivity index (χ1v) is 11.3. The Kier molecular flexibility index (Phi) is 6.35. The number of nitrogens with zero attached hydrogens (tertiary/aromatic N) is 2. The third-order valence-electron chi connectivity index (χ3n) is 4.92. The van der Waals surface area contributed by atoms with Crippen molar-refractivity contribution in [1.82, 2.24) is 4.90 Å².